The van der Waals surface area contributed by atoms with Gasteiger partial charge in [0.05, 0.1) is 12.1 Å². The molecule has 0 unspecified atom stereocenters. The lowest BCUT2D eigenvalue weighted by molar-refractivity contribution is -0.134. The highest BCUT2D eigenvalue weighted by Gasteiger charge is 2.16. The van der Waals surface area contributed by atoms with Gasteiger partial charge in [0, 0.05) is 34.6 Å². The number of halogens is 1. The summed E-state index contributed by atoms with van der Waals surface area (Å²) in [7, 11) is 1.39. The van der Waals surface area contributed by atoms with Crippen LogP contribution in [0.3, 0.4) is 0 Å². The van der Waals surface area contributed by atoms with Crippen LogP contribution in [0.1, 0.15) is 24.1 Å². The lowest BCUT2D eigenvalue weighted by atomic mass is 10.1. The van der Waals surface area contributed by atoms with Gasteiger partial charge >= 0.3 is 5.97 Å². The second-order valence-corrected chi connectivity index (χ2v) is 7.27. The fourth-order valence-electron chi connectivity index (χ4n) is 2.85. The summed E-state index contributed by atoms with van der Waals surface area (Å²) in [5.41, 5.74) is 2.22. The van der Waals surface area contributed by atoms with Gasteiger partial charge in [0.1, 0.15) is 0 Å². The number of benzene rings is 1. The van der Waals surface area contributed by atoms with E-state index in [1.54, 1.807) is 11.3 Å². The zero-order valence-corrected chi connectivity index (χ0v) is 15.2. The molecule has 1 aliphatic rings. The number of esters is 1. The van der Waals surface area contributed by atoms with Gasteiger partial charge in [-0.05, 0) is 49.1 Å². The number of hydrogen-bond donors (Lipinski definition) is 0. The molecule has 1 saturated heterocycles. The van der Waals surface area contributed by atoms with Gasteiger partial charge in [-0.15, -0.1) is 11.3 Å². The van der Waals surface area contributed by atoms with E-state index in [2.05, 4.69) is 11.0 Å². The molecule has 2 aromatic rings. The molecule has 1 aromatic carbocycles. The summed E-state index contributed by atoms with van der Waals surface area (Å²) in [6.07, 6.45) is 7.10. The van der Waals surface area contributed by atoms with Crippen molar-refractivity contribution in [1.82, 2.24) is 0 Å². The Hall–Kier alpha value is -1.78. The Labute approximate surface area is 151 Å². The second kappa shape index (κ2) is 7.86. The monoisotopic (exact) mass is 361 g/mol. The van der Waals surface area contributed by atoms with Crippen LogP contribution in [0.25, 0.3) is 17.2 Å². The number of methoxy groups -OCH3 is 1. The van der Waals surface area contributed by atoms with Crippen molar-refractivity contribution in [3.63, 3.8) is 0 Å². The van der Waals surface area contributed by atoms with E-state index in [1.165, 1.54) is 37.4 Å². The maximum absolute atomic E-state index is 11.5. The number of ether oxygens (including phenoxy) is 1. The van der Waals surface area contributed by atoms with Crippen molar-refractivity contribution in [1.29, 1.82) is 0 Å². The van der Waals surface area contributed by atoms with Gasteiger partial charge < -0.3 is 9.64 Å². The molecule has 2 heterocycles. The topological polar surface area (TPSA) is 29.5 Å². The van der Waals surface area contributed by atoms with Crippen LogP contribution in [0.5, 0.6) is 0 Å². The molecule has 0 atom stereocenters. The normalized spacial score (nSPS) is 15.0. The molecular formula is C19H20ClNO2S. The summed E-state index contributed by atoms with van der Waals surface area (Å²) in [4.78, 5) is 14.9. The van der Waals surface area contributed by atoms with Gasteiger partial charge in [-0.25, -0.2) is 4.79 Å². The van der Waals surface area contributed by atoms with E-state index >= 15 is 0 Å². The van der Waals surface area contributed by atoms with Gasteiger partial charge in [-0.1, -0.05) is 23.7 Å². The Morgan fingerprint density at radius 1 is 1.21 bits per heavy atom. The summed E-state index contributed by atoms with van der Waals surface area (Å²) < 4.78 is 4.71. The van der Waals surface area contributed by atoms with Gasteiger partial charge in [0.25, 0.3) is 0 Å². The van der Waals surface area contributed by atoms with Crippen LogP contribution >= 0.6 is 22.9 Å². The maximum Gasteiger partial charge on any atom is 0.330 e. The highest BCUT2D eigenvalue weighted by molar-refractivity contribution is 7.17. The molecule has 0 amide bonds. The highest BCUT2D eigenvalue weighted by atomic mass is 35.5. The van der Waals surface area contributed by atoms with Gasteiger partial charge in [-0.2, -0.15) is 0 Å². The van der Waals surface area contributed by atoms with Gasteiger partial charge in [0.2, 0.25) is 0 Å². The summed E-state index contributed by atoms with van der Waals surface area (Å²) in [6, 6.07) is 10.0. The van der Waals surface area contributed by atoms with Crippen molar-refractivity contribution in [3.05, 3.63) is 46.3 Å². The standard InChI is InChI=1S/C19H20ClNO2S/c1-23-19(22)10-9-17-16(14-5-7-15(20)8-6-14)13-18(24-17)21-11-3-2-4-12-21/h5-10,13H,2-4,11-12H2,1H3/b10-9+. The number of piperidine rings is 1. The van der Waals surface area contributed by atoms with E-state index in [4.69, 9.17) is 16.3 Å². The van der Waals surface area contributed by atoms with E-state index < -0.39 is 0 Å². The van der Waals surface area contributed by atoms with E-state index in [0.717, 1.165) is 34.1 Å². The first-order valence-electron chi connectivity index (χ1n) is 8.08. The van der Waals surface area contributed by atoms with E-state index in [1.807, 2.05) is 30.3 Å². The lowest BCUT2D eigenvalue weighted by Crippen LogP contribution is -2.28. The largest absolute Gasteiger partial charge is 0.466 e. The van der Waals surface area contributed by atoms with Crippen LogP contribution in [-0.2, 0) is 9.53 Å². The van der Waals surface area contributed by atoms with Crippen molar-refractivity contribution >= 4 is 40.0 Å². The number of nitrogens with zero attached hydrogens (tertiary/aromatic N) is 1. The minimum Gasteiger partial charge on any atom is -0.466 e. The summed E-state index contributed by atoms with van der Waals surface area (Å²) in [6.45, 7) is 2.20. The van der Waals surface area contributed by atoms with Crippen LogP contribution in [-0.4, -0.2) is 26.2 Å². The third-order valence-electron chi connectivity index (χ3n) is 4.14. The third-order valence-corrected chi connectivity index (χ3v) is 5.56. The van der Waals surface area contributed by atoms with Crippen LogP contribution in [0.15, 0.2) is 36.4 Å². The average Bonchev–Trinajstić information content (AvgIpc) is 3.05. The van der Waals surface area contributed by atoms with Crippen LogP contribution in [0.4, 0.5) is 5.00 Å². The predicted octanol–water partition coefficient (Wildman–Crippen LogP) is 5.25. The summed E-state index contributed by atoms with van der Waals surface area (Å²) in [5.74, 6) is -0.343. The molecule has 3 rings (SSSR count). The number of carbonyl (C=O) groups is 1. The molecule has 0 bridgehead atoms. The minimum absolute atomic E-state index is 0.343. The Kier molecular flexibility index (Phi) is 5.59. The molecule has 0 saturated carbocycles. The van der Waals surface area contributed by atoms with Crippen LogP contribution in [0.2, 0.25) is 5.02 Å². The first kappa shape index (κ1) is 17.1. The number of anilines is 1. The highest BCUT2D eigenvalue weighted by Crippen LogP contribution is 2.39. The molecule has 5 heteroatoms. The number of thiophene rings is 1. The predicted molar refractivity (Wildman–Crippen MR) is 102 cm³/mol. The maximum atomic E-state index is 11.5. The fraction of sp³-hybridized carbons (Fsp3) is 0.316. The molecular weight excluding hydrogens is 342 g/mol. The van der Waals surface area contributed by atoms with E-state index in [9.17, 15) is 4.79 Å². The Morgan fingerprint density at radius 3 is 2.58 bits per heavy atom. The molecule has 1 aromatic heterocycles. The molecule has 126 valence electrons. The Morgan fingerprint density at radius 2 is 1.92 bits per heavy atom. The summed E-state index contributed by atoms with van der Waals surface area (Å²) >= 11 is 7.72. The van der Waals surface area contributed by atoms with Crippen molar-refractivity contribution in [2.75, 3.05) is 25.1 Å². The number of carbonyl (C=O) groups excluding carboxylic acids is 1. The number of hydrogen-bond acceptors (Lipinski definition) is 4. The molecule has 0 radical (unpaired) electrons. The minimum atomic E-state index is -0.343. The van der Waals surface area contributed by atoms with Crippen molar-refractivity contribution in [2.24, 2.45) is 0 Å². The quantitative estimate of drug-likeness (QED) is 0.550. The van der Waals surface area contributed by atoms with Crippen LogP contribution in [0, 0.1) is 0 Å². The third kappa shape index (κ3) is 4.00. The van der Waals surface area contributed by atoms with Gasteiger partial charge in [0.15, 0.2) is 0 Å². The zero-order valence-electron chi connectivity index (χ0n) is 13.6. The lowest BCUT2D eigenvalue weighted by Gasteiger charge is -2.27. The SMILES string of the molecule is COC(=O)/C=C/c1sc(N2CCCCC2)cc1-c1ccc(Cl)cc1. The van der Waals surface area contributed by atoms with Crippen LogP contribution < -0.4 is 4.90 Å². The number of rotatable bonds is 4. The first-order chi connectivity index (χ1) is 11.7. The molecule has 0 N–H and O–H groups in total. The van der Waals surface area contributed by atoms with Crippen molar-refractivity contribution in [3.8, 4) is 11.1 Å². The molecule has 3 nitrogen and oxygen atoms in total. The van der Waals surface area contributed by atoms with E-state index in [-0.39, 0.29) is 5.97 Å². The zero-order chi connectivity index (χ0) is 16.9. The van der Waals surface area contributed by atoms with Gasteiger partial charge in [-0.3, -0.25) is 0 Å². The van der Waals surface area contributed by atoms with Crippen molar-refractivity contribution in [2.45, 2.75) is 19.3 Å². The molecule has 1 fully saturated rings. The molecule has 1 aliphatic heterocycles. The smallest absolute Gasteiger partial charge is 0.330 e. The summed E-state index contributed by atoms with van der Waals surface area (Å²) in [5, 5.41) is 1.97. The second-order valence-electron chi connectivity index (χ2n) is 5.77. The molecule has 0 aliphatic carbocycles. The molecule has 24 heavy (non-hydrogen) atoms. The average molecular weight is 362 g/mol. The first-order valence-corrected chi connectivity index (χ1v) is 9.27. The molecule has 0 spiro atoms. The van der Waals surface area contributed by atoms with E-state index in [0.29, 0.717) is 0 Å². The Balaban J connectivity index is 1.97. The van der Waals surface area contributed by atoms with Crippen molar-refractivity contribution < 1.29 is 9.53 Å². The fourth-order valence-corrected chi connectivity index (χ4v) is 4.12. The Bertz CT molecular complexity index is 730.